The summed E-state index contributed by atoms with van der Waals surface area (Å²) in [6.45, 7) is 6.44. The third-order valence-corrected chi connectivity index (χ3v) is 11.0. The van der Waals surface area contributed by atoms with Crippen molar-refractivity contribution in [3.63, 3.8) is 0 Å². The number of rotatable bonds is 46. The fourth-order valence-electron chi connectivity index (χ4n) is 7.09. The predicted molar refractivity (Wildman–Crippen MR) is 265 cm³/mol. The Morgan fingerprint density at radius 3 is 1.05 bits per heavy atom. The van der Waals surface area contributed by atoms with E-state index in [9.17, 15) is 14.4 Å². The third-order valence-electron chi connectivity index (χ3n) is 11.0. The Morgan fingerprint density at radius 2 is 0.645 bits per heavy atom. The van der Waals surface area contributed by atoms with Gasteiger partial charge >= 0.3 is 17.9 Å². The van der Waals surface area contributed by atoms with Crippen LogP contribution in [0.25, 0.3) is 0 Å². The molecule has 0 aliphatic carbocycles. The lowest BCUT2D eigenvalue weighted by molar-refractivity contribution is -0.167. The molecule has 0 saturated carbocycles. The van der Waals surface area contributed by atoms with Crippen LogP contribution in [0.15, 0.2) is 72.9 Å². The first kappa shape index (κ1) is 58.9. The summed E-state index contributed by atoms with van der Waals surface area (Å²) in [7, 11) is 0. The van der Waals surface area contributed by atoms with Gasteiger partial charge in [0.2, 0.25) is 0 Å². The van der Waals surface area contributed by atoms with Crippen molar-refractivity contribution in [2.75, 3.05) is 13.2 Å². The average Bonchev–Trinajstić information content (AvgIpc) is 3.27. The lowest BCUT2D eigenvalue weighted by atomic mass is 10.1. The van der Waals surface area contributed by atoms with Gasteiger partial charge in [0.25, 0.3) is 0 Å². The van der Waals surface area contributed by atoms with Crippen LogP contribution in [-0.4, -0.2) is 37.2 Å². The molecule has 0 aromatic carbocycles. The fraction of sp³-hybridized carbons (Fsp3) is 0.732. The van der Waals surface area contributed by atoms with Gasteiger partial charge in [-0.15, -0.1) is 0 Å². The summed E-state index contributed by atoms with van der Waals surface area (Å²) < 4.78 is 16.7. The number of allylic oxidation sites excluding steroid dienone is 12. The van der Waals surface area contributed by atoms with Gasteiger partial charge in [0.15, 0.2) is 6.10 Å². The first-order valence-electron chi connectivity index (χ1n) is 26.0. The Hall–Kier alpha value is -3.15. The fourth-order valence-corrected chi connectivity index (χ4v) is 7.09. The summed E-state index contributed by atoms with van der Waals surface area (Å²) in [5.41, 5.74) is 0. The zero-order valence-electron chi connectivity index (χ0n) is 40.6. The highest BCUT2D eigenvalue weighted by Crippen LogP contribution is 2.14. The number of hydrogen-bond donors (Lipinski definition) is 0. The second kappa shape index (κ2) is 50.5. The van der Waals surface area contributed by atoms with Crippen molar-refractivity contribution >= 4 is 17.9 Å². The van der Waals surface area contributed by atoms with Crippen molar-refractivity contribution in [2.45, 2.75) is 252 Å². The number of esters is 3. The Balaban J connectivity index is 4.43. The molecule has 0 aliphatic rings. The smallest absolute Gasteiger partial charge is 0.306 e. The topological polar surface area (TPSA) is 78.9 Å². The normalized spacial score (nSPS) is 12.6. The largest absolute Gasteiger partial charge is 0.462 e. The Kier molecular flexibility index (Phi) is 47.9. The minimum atomic E-state index is -0.804. The van der Waals surface area contributed by atoms with Crippen molar-refractivity contribution in [1.82, 2.24) is 0 Å². The van der Waals surface area contributed by atoms with Crippen molar-refractivity contribution in [1.29, 1.82) is 0 Å². The maximum absolute atomic E-state index is 12.8. The number of unbranched alkanes of at least 4 members (excludes halogenated alkanes) is 26. The molecule has 0 heterocycles. The van der Waals surface area contributed by atoms with Gasteiger partial charge in [-0.1, -0.05) is 209 Å². The van der Waals surface area contributed by atoms with Crippen molar-refractivity contribution in [3.8, 4) is 0 Å². The van der Waals surface area contributed by atoms with Crippen LogP contribution in [0, 0.1) is 0 Å². The molecule has 0 radical (unpaired) electrons. The first-order valence-corrected chi connectivity index (χ1v) is 26.0. The average molecular weight is 865 g/mol. The quantitative estimate of drug-likeness (QED) is 0.0199. The van der Waals surface area contributed by atoms with Gasteiger partial charge in [-0.25, -0.2) is 0 Å². The Morgan fingerprint density at radius 1 is 0.339 bits per heavy atom. The standard InChI is InChI=1S/C56H96O6/c1-4-7-10-13-16-19-22-25-26-27-28-29-32-34-37-40-43-46-49-55(58)61-52-53(62-56(59)50-47-44-41-38-35-31-24-21-18-15-12-9-6-3)51-60-54(57)48-45-42-39-36-33-30-23-20-17-14-11-8-5-2/h9,12,15,18,21,24,28-31,33,35,53H,4-8,10-11,13-14,16-17,19-20,22-23,25-27,32,34,36-52H2,1-3H3/b12-9-,18-15-,24-21-,29-28-,33-30-,35-31-. The molecule has 1 atom stereocenters. The van der Waals surface area contributed by atoms with E-state index in [1.165, 1.54) is 116 Å². The van der Waals surface area contributed by atoms with Crippen LogP contribution in [0.5, 0.6) is 0 Å². The number of carbonyl (C=O) groups excluding carboxylic acids is 3. The molecule has 6 nitrogen and oxygen atoms in total. The Labute approximate surface area is 382 Å². The van der Waals surface area contributed by atoms with E-state index in [0.29, 0.717) is 19.3 Å². The van der Waals surface area contributed by atoms with E-state index in [0.717, 1.165) is 83.5 Å². The molecule has 0 rings (SSSR count). The molecule has 0 saturated heterocycles. The molecule has 0 spiro atoms. The van der Waals surface area contributed by atoms with Crippen molar-refractivity contribution in [2.24, 2.45) is 0 Å². The summed E-state index contributed by atoms with van der Waals surface area (Å²) in [6, 6.07) is 0. The summed E-state index contributed by atoms with van der Waals surface area (Å²) in [6.07, 6.45) is 63.2. The van der Waals surface area contributed by atoms with E-state index < -0.39 is 6.10 Å². The molecule has 1 unspecified atom stereocenters. The summed E-state index contributed by atoms with van der Waals surface area (Å²) in [5.74, 6) is -0.963. The molecule has 356 valence electrons. The maximum atomic E-state index is 12.8. The highest BCUT2D eigenvalue weighted by atomic mass is 16.6. The highest BCUT2D eigenvalue weighted by Gasteiger charge is 2.19. The van der Waals surface area contributed by atoms with E-state index in [4.69, 9.17) is 14.2 Å². The third kappa shape index (κ3) is 47.9. The molecule has 0 bridgehead atoms. The molecular formula is C56H96O6. The van der Waals surface area contributed by atoms with Crippen LogP contribution in [0.2, 0.25) is 0 Å². The number of ether oxygens (including phenoxy) is 3. The molecule has 0 aromatic heterocycles. The van der Waals surface area contributed by atoms with E-state index >= 15 is 0 Å². The van der Waals surface area contributed by atoms with Crippen LogP contribution in [-0.2, 0) is 28.6 Å². The molecule has 0 amide bonds. The van der Waals surface area contributed by atoms with Crippen LogP contribution in [0.1, 0.15) is 245 Å². The van der Waals surface area contributed by atoms with Crippen LogP contribution in [0.4, 0.5) is 0 Å². The van der Waals surface area contributed by atoms with Crippen molar-refractivity contribution < 1.29 is 28.6 Å². The molecular weight excluding hydrogens is 769 g/mol. The second-order valence-electron chi connectivity index (χ2n) is 17.1. The lowest BCUT2D eigenvalue weighted by Crippen LogP contribution is -2.30. The SMILES string of the molecule is CC\C=C/C=C\C=C/C=C\CCCCCC(=O)OC(COC(=O)CCCCC/C=C\CCCCCCCC)COC(=O)CCCCCCC/C=C\CCCCCCCCCCC. The lowest BCUT2D eigenvalue weighted by Gasteiger charge is -2.18. The zero-order valence-corrected chi connectivity index (χ0v) is 40.6. The maximum Gasteiger partial charge on any atom is 0.306 e. The van der Waals surface area contributed by atoms with Gasteiger partial charge < -0.3 is 14.2 Å². The van der Waals surface area contributed by atoms with Crippen molar-refractivity contribution in [3.05, 3.63) is 72.9 Å². The predicted octanol–water partition coefficient (Wildman–Crippen LogP) is 17.0. The number of hydrogen-bond acceptors (Lipinski definition) is 6. The van der Waals surface area contributed by atoms with E-state index in [1.54, 1.807) is 0 Å². The molecule has 0 aliphatic heterocycles. The van der Waals surface area contributed by atoms with Gasteiger partial charge in [-0.3, -0.25) is 14.4 Å². The molecule has 62 heavy (non-hydrogen) atoms. The second-order valence-corrected chi connectivity index (χ2v) is 17.1. The van der Waals surface area contributed by atoms with Crippen LogP contribution in [0.3, 0.4) is 0 Å². The van der Waals surface area contributed by atoms with Crippen LogP contribution >= 0.6 is 0 Å². The molecule has 6 heteroatoms. The monoisotopic (exact) mass is 865 g/mol. The summed E-state index contributed by atoms with van der Waals surface area (Å²) >= 11 is 0. The Bertz CT molecular complexity index is 1180. The van der Waals surface area contributed by atoms with E-state index in [2.05, 4.69) is 57.2 Å². The van der Waals surface area contributed by atoms with E-state index in [-0.39, 0.29) is 37.5 Å². The first-order chi connectivity index (χ1) is 30.5. The number of carbonyl (C=O) groups is 3. The van der Waals surface area contributed by atoms with E-state index in [1.807, 2.05) is 36.5 Å². The van der Waals surface area contributed by atoms with Gasteiger partial charge in [0.1, 0.15) is 13.2 Å². The van der Waals surface area contributed by atoms with Gasteiger partial charge in [-0.05, 0) is 89.9 Å². The van der Waals surface area contributed by atoms with Gasteiger partial charge in [0, 0.05) is 19.3 Å². The molecule has 0 N–H and O–H groups in total. The molecule has 0 aromatic rings. The van der Waals surface area contributed by atoms with Gasteiger partial charge in [-0.2, -0.15) is 0 Å². The minimum absolute atomic E-state index is 0.100. The summed E-state index contributed by atoms with van der Waals surface area (Å²) in [4.78, 5) is 37.9. The summed E-state index contributed by atoms with van der Waals surface area (Å²) in [5, 5.41) is 0. The van der Waals surface area contributed by atoms with Crippen LogP contribution < -0.4 is 0 Å². The molecule has 0 fully saturated rings. The minimum Gasteiger partial charge on any atom is -0.462 e. The zero-order chi connectivity index (χ0) is 45.1. The van der Waals surface area contributed by atoms with Gasteiger partial charge in [0.05, 0.1) is 0 Å². The highest BCUT2D eigenvalue weighted by molar-refractivity contribution is 5.71.